The molecular weight excluding hydrogens is 690 g/mol. The maximum atomic E-state index is 15.3. The number of nitrogens with two attached hydrogens (primary N) is 1. The number of nitrogens with zero attached hydrogens (tertiary/aromatic N) is 2. The summed E-state index contributed by atoms with van der Waals surface area (Å²) < 4.78 is 71.0. The SMILES string of the molecule is C=C/C=C(/N)C=C.CC.COc1cc2nccc(Oc3ccc(Nc4nccc5[nH]cc(-c6ccc(C(F)(F)F)cc6)c(=O)c45)cc3F)c2cc1OC. The van der Waals surface area contributed by atoms with Gasteiger partial charge < -0.3 is 30.2 Å². The summed E-state index contributed by atoms with van der Waals surface area (Å²) in [6.07, 6.45) is 4.80. The maximum absolute atomic E-state index is 15.3. The quantitative estimate of drug-likeness (QED) is 0.0993. The number of nitrogens with one attached hydrogen (secondary N) is 2. The van der Waals surface area contributed by atoms with Crippen molar-refractivity contribution in [1.29, 1.82) is 0 Å². The number of H-pyrrole nitrogens is 1. The lowest BCUT2D eigenvalue weighted by Crippen LogP contribution is -2.10. The van der Waals surface area contributed by atoms with Crippen LogP contribution in [0.3, 0.4) is 0 Å². The summed E-state index contributed by atoms with van der Waals surface area (Å²) in [5.41, 5.74) is 6.32. The van der Waals surface area contributed by atoms with Gasteiger partial charge in [-0.1, -0.05) is 45.2 Å². The van der Waals surface area contributed by atoms with Gasteiger partial charge in [0.15, 0.2) is 23.1 Å². The van der Waals surface area contributed by atoms with E-state index in [-0.39, 0.29) is 28.2 Å². The van der Waals surface area contributed by atoms with Crippen molar-refractivity contribution in [2.45, 2.75) is 20.0 Å². The minimum atomic E-state index is -4.50. The second-order valence-electron chi connectivity index (χ2n) is 10.7. The molecule has 6 aromatic rings. The van der Waals surface area contributed by atoms with Crippen molar-refractivity contribution >= 4 is 33.3 Å². The van der Waals surface area contributed by atoms with E-state index in [9.17, 15) is 18.0 Å². The van der Waals surface area contributed by atoms with Crippen LogP contribution in [-0.2, 0) is 6.18 Å². The van der Waals surface area contributed by atoms with Crippen molar-refractivity contribution in [1.82, 2.24) is 15.0 Å². The van der Waals surface area contributed by atoms with E-state index in [0.29, 0.717) is 44.9 Å². The van der Waals surface area contributed by atoms with Crippen LogP contribution in [0, 0.1) is 5.82 Å². The number of ether oxygens (including phenoxy) is 3. The van der Waals surface area contributed by atoms with Gasteiger partial charge in [0.05, 0.1) is 36.2 Å². The third-order valence-corrected chi connectivity index (χ3v) is 7.49. The Hall–Kier alpha value is -6.63. The highest BCUT2D eigenvalue weighted by Crippen LogP contribution is 2.38. The van der Waals surface area contributed by atoms with Crippen LogP contribution in [0.2, 0.25) is 0 Å². The molecule has 0 spiro atoms. The van der Waals surface area contributed by atoms with Crippen LogP contribution in [0.4, 0.5) is 29.1 Å². The first-order valence-corrected chi connectivity index (χ1v) is 16.1. The molecule has 0 bridgehead atoms. The van der Waals surface area contributed by atoms with Crippen LogP contribution in [0.25, 0.3) is 32.9 Å². The summed E-state index contributed by atoms with van der Waals surface area (Å²) in [6.45, 7) is 10.9. The van der Waals surface area contributed by atoms with Gasteiger partial charge >= 0.3 is 6.18 Å². The Morgan fingerprint density at radius 2 is 1.57 bits per heavy atom. The van der Waals surface area contributed by atoms with E-state index < -0.39 is 23.0 Å². The number of pyridine rings is 3. The zero-order valence-corrected chi connectivity index (χ0v) is 29.3. The molecule has 274 valence electrons. The highest BCUT2D eigenvalue weighted by atomic mass is 19.4. The molecule has 0 unspecified atom stereocenters. The first-order valence-electron chi connectivity index (χ1n) is 16.1. The van der Waals surface area contributed by atoms with E-state index in [4.69, 9.17) is 19.9 Å². The Morgan fingerprint density at radius 1 is 0.887 bits per heavy atom. The number of anilines is 2. The largest absolute Gasteiger partial charge is 0.493 e. The van der Waals surface area contributed by atoms with Crippen molar-refractivity contribution < 1.29 is 31.8 Å². The number of rotatable bonds is 9. The van der Waals surface area contributed by atoms with Crippen LogP contribution < -0.4 is 30.7 Å². The standard InChI is InChI=1S/C32H22F4N4O4.C6H9N.C2H6/c1-42-27-14-20-24(15-28(27)43-2)37-12-10-25(20)44-26-8-7-19(13-22(26)33)40-31-29-23(9-11-38-31)39-16-21(30(29)41)17-3-5-18(6-4-17)32(34,35)36;1-3-5-6(7)4-2;1-2/h3-16H,1-2H3,(H,38,40)(H,39,41);3-5H,1-2,7H2;1-2H3/b;6-5+;. The minimum Gasteiger partial charge on any atom is -0.493 e. The summed E-state index contributed by atoms with van der Waals surface area (Å²) in [7, 11) is 3.01. The Balaban J connectivity index is 0.000000627. The fourth-order valence-electron chi connectivity index (χ4n) is 4.97. The average molecular weight is 728 g/mol. The van der Waals surface area contributed by atoms with Gasteiger partial charge in [-0.05, 0) is 60.2 Å². The van der Waals surface area contributed by atoms with E-state index in [2.05, 4.69) is 33.4 Å². The lowest BCUT2D eigenvalue weighted by molar-refractivity contribution is -0.137. The van der Waals surface area contributed by atoms with Gasteiger partial charge in [0.25, 0.3) is 0 Å². The van der Waals surface area contributed by atoms with Crippen LogP contribution >= 0.6 is 0 Å². The second-order valence-corrected chi connectivity index (χ2v) is 10.7. The molecule has 3 aromatic heterocycles. The van der Waals surface area contributed by atoms with Crippen LogP contribution in [0.1, 0.15) is 19.4 Å². The molecule has 3 aromatic carbocycles. The van der Waals surface area contributed by atoms with E-state index in [1.54, 1.807) is 48.6 Å². The first-order chi connectivity index (χ1) is 25.5. The molecule has 0 aliphatic carbocycles. The predicted octanol–water partition coefficient (Wildman–Crippen LogP) is 10.1. The van der Waals surface area contributed by atoms with E-state index >= 15 is 4.39 Å². The summed E-state index contributed by atoms with van der Waals surface area (Å²) in [5.74, 6) is 0.655. The highest BCUT2D eigenvalue weighted by Gasteiger charge is 2.30. The van der Waals surface area contributed by atoms with E-state index in [0.717, 1.165) is 12.1 Å². The lowest BCUT2D eigenvalue weighted by atomic mass is 10.0. The number of fused-ring (bicyclic) bond motifs is 2. The topological polar surface area (TPSA) is 124 Å². The van der Waals surface area contributed by atoms with Crippen molar-refractivity contribution in [2.75, 3.05) is 19.5 Å². The zero-order valence-electron chi connectivity index (χ0n) is 29.3. The fourth-order valence-corrected chi connectivity index (χ4v) is 4.97. The first kappa shape index (κ1) is 39.2. The molecule has 0 fully saturated rings. The Morgan fingerprint density at radius 3 is 2.17 bits per heavy atom. The van der Waals surface area contributed by atoms with Crippen LogP contribution in [0.15, 0.2) is 127 Å². The molecule has 0 saturated heterocycles. The number of hydrogen-bond donors (Lipinski definition) is 3. The van der Waals surface area contributed by atoms with Crippen molar-refractivity contribution in [3.8, 4) is 34.1 Å². The third kappa shape index (κ3) is 9.19. The number of hydrogen-bond acceptors (Lipinski definition) is 8. The van der Waals surface area contributed by atoms with Gasteiger partial charge in [0, 0.05) is 53.1 Å². The predicted molar refractivity (Wildman–Crippen MR) is 201 cm³/mol. The van der Waals surface area contributed by atoms with Gasteiger partial charge in [-0.25, -0.2) is 9.37 Å². The number of aromatic amines is 1. The fraction of sp³-hybridized carbons (Fsp3) is 0.125. The third-order valence-electron chi connectivity index (χ3n) is 7.49. The van der Waals surface area contributed by atoms with Gasteiger partial charge in [-0.15, -0.1) is 0 Å². The molecule has 3 heterocycles. The van der Waals surface area contributed by atoms with Crippen molar-refractivity contribution in [3.05, 3.63) is 144 Å². The summed E-state index contributed by atoms with van der Waals surface area (Å²) in [5, 5.41) is 3.70. The molecular formula is C40H37F4N5O4. The number of methoxy groups -OCH3 is 2. The summed E-state index contributed by atoms with van der Waals surface area (Å²) in [4.78, 5) is 25.1. The average Bonchev–Trinajstić information content (AvgIpc) is 3.16. The van der Waals surface area contributed by atoms with Gasteiger partial charge in [0.1, 0.15) is 11.6 Å². The van der Waals surface area contributed by atoms with Gasteiger partial charge in [-0.2, -0.15) is 13.2 Å². The molecule has 0 amide bonds. The second kappa shape index (κ2) is 17.5. The molecule has 6 rings (SSSR count). The van der Waals surface area contributed by atoms with Crippen molar-refractivity contribution in [2.24, 2.45) is 5.73 Å². The Kier molecular flexibility index (Phi) is 13.0. The number of aromatic nitrogens is 3. The van der Waals surface area contributed by atoms with Gasteiger partial charge in [-0.3, -0.25) is 9.78 Å². The number of alkyl halides is 3. The normalized spacial score (nSPS) is 11.1. The molecule has 53 heavy (non-hydrogen) atoms. The number of benzene rings is 3. The summed E-state index contributed by atoms with van der Waals surface area (Å²) in [6, 6.07) is 15.0. The Labute approximate surface area is 303 Å². The molecule has 0 aliphatic heterocycles. The van der Waals surface area contributed by atoms with Crippen molar-refractivity contribution in [3.63, 3.8) is 0 Å². The number of allylic oxidation sites excluding steroid dienone is 3. The zero-order chi connectivity index (χ0) is 38.7. The monoisotopic (exact) mass is 727 g/mol. The Bertz CT molecular complexity index is 2320. The molecule has 9 nitrogen and oxygen atoms in total. The minimum absolute atomic E-state index is 0.0637. The maximum Gasteiger partial charge on any atom is 0.416 e. The van der Waals surface area contributed by atoms with Crippen LogP contribution in [-0.4, -0.2) is 29.2 Å². The molecule has 4 N–H and O–H groups in total. The molecule has 0 aliphatic rings. The number of halogens is 4. The molecule has 0 radical (unpaired) electrons. The molecule has 13 heteroatoms. The highest BCUT2D eigenvalue weighted by molar-refractivity contribution is 5.93. The smallest absolute Gasteiger partial charge is 0.416 e. The lowest BCUT2D eigenvalue weighted by Gasteiger charge is -2.14. The molecule has 0 saturated carbocycles. The molecule has 0 atom stereocenters. The summed E-state index contributed by atoms with van der Waals surface area (Å²) >= 11 is 0. The van der Waals surface area contributed by atoms with E-state index in [1.807, 2.05) is 13.8 Å². The van der Waals surface area contributed by atoms with E-state index in [1.165, 1.54) is 57.1 Å². The van der Waals surface area contributed by atoms with Gasteiger partial charge in [0.2, 0.25) is 5.43 Å². The van der Waals surface area contributed by atoms with Crippen LogP contribution in [0.5, 0.6) is 23.0 Å².